The molecule has 0 aliphatic heterocycles. The zero-order valence-corrected chi connectivity index (χ0v) is 15.4. The highest BCUT2D eigenvalue weighted by Crippen LogP contribution is 2.30. The predicted molar refractivity (Wildman–Crippen MR) is 101 cm³/mol. The standard InChI is InChI=1S/C18H20BrN5O/c19-24(14-9-5-2-6-10-14)18-22-15-16(23-18)20-12-21-17(15)25-11-13-7-3-1-4-8-13/h2,5-6,9-10,12-13H,1,3-4,7-8,11H2,(H,20,21,22,23). The highest BCUT2D eigenvalue weighted by atomic mass is 79.9. The van der Waals surface area contributed by atoms with Crippen LogP contribution in [0.5, 0.6) is 5.88 Å². The number of fused-ring (bicyclic) bond motifs is 1. The lowest BCUT2D eigenvalue weighted by molar-refractivity contribution is 0.204. The lowest BCUT2D eigenvalue weighted by Gasteiger charge is -2.21. The van der Waals surface area contributed by atoms with E-state index in [0.717, 1.165) is 11.2 Å². The fourth-order valence-electron chi connectivity index (χ4n) is 3.23. The van der Waals surface area contributed by atoms with E-state index in [2.05, 4.69) is 36.1 Å². The molecule has 0 bridgehead atoms. The molecule has 1 aliphatic carbocycles. The third-order valence-corrected chi connectivity index (χ3v) is 5.34. The van der Waals surface area contributed by atoms with Gasteiger partial charge in [-0.05, 0) is 30.9 Å². The summed E-state index contributed by atoms with van der Waals surface area (Å²) in [6.45, 7) is 0.706. The molecule has 2 aromatic heterocycles. The van der Waals surface area contributed by atoms with Crippen molar-refractivity contribution < 1.29 is 4.74 Å². The molecule has 1 aromatic carbocycles. The van der Waals surface area contributed by atoms with Gasteiger partial charge in [0, 0.05) is 0 Å². The van der Waals surface area contributed by atoms with E-state index in [1.807, 2.05) is 30.3 Å². The summed E-state index contributed by atoms with van der Waals surface area (Å²) in [4.78, 5) is 16.4. The predicted octanol–water partition coefficient (Wildman–Crippen LogP) is 4.76. The Balaban J connectivity index is 1.56. The quantitative estimate of drug-likeness (QED) is 0.624. The number of aromatic nitrogens is 4. The molecule has 0 radical (unpaired) electrons. The van der Waals surface area contributed by atoms with Crippen LogP contribution in [0.15, 0.2) is 36.7 Å². The minimum absolute atomic E-state index is 0.572. The Morgan fingerprint density at radius 3 is 2.72 bits per heavy atom. The van der Waals surface area contributed by atoms with E-state index in [1.165, 1.54) is 38.4 Å². The molecule has 1 N–H and O–H groups in total. The van der Waals surface area contributed by atoms with Crippen LogP contribution in [-0.4, -0.2) is 26.5 Å². The number of hydrogen-bond acceptors (Lipinski definition) is 5. The molecule has 25 heavy (non-hydrogen) atoms. The van der Waals surface area contributed by atoms with Crippen molar-refractivity contribution >= 4 is 38.9 Å². The van der Waals surface area contributed by atoms with Crippen LogP contribution in [0.25, 0.3) is 11.2 Å². The summed E-state index contributed by atoms with van der Waals surface area (Å²) in [5.74, 6) is 1.84. The molecule has 3 aromatic rings. The molecular weight excluding hydrogens is 382 g/mol. The number of aromatic amines is 1. The van der Waals surface area contributed by atoms with Gasteiger partial charge in [0.25, 0.3) is 0 Å². The van der Waals surface area contributed by atoms with Crippen LogP contribution in [0.1, 0.15) is 32.1 Å². The Hall–Kier alpha value is -2.15. The molecular formula is C18H20BrN5O. The third kappa shape index (κ3) is 3.61. The van der Waals surface area contributed by atoms with Gasteiger partial charge < -0.3 is 9.72 Å². The second-order valence-corrected chi connectivity index (χ2v) is 7.08. The van der Waals surface area contributed by atoms with Gasteiger partial charge in [-0.1, -0.05) is 37.5 Å². The van der Waals surface area contributed by atoms with Crippen molar-refractivity contribution in [1.29, 1.82) is 0 Å². The fraction of sp³-hybridized carbons (Fsp3) is 0.389. The lowest BCUT2D eigenvalue weighted by atomic mass is 9.90. The first-order valence-electron chi connectivity index (χ1n) is 8.66. The first-order chi connectivity index (χ1) is 12.3. The largest absolute Gasteiger partial charge is 0.476 e. The normalized spacial score (nSPS) is 15.4. The van der Waals surface area contributed by atoms with Crippen molar-refractivity contribution in [3.05, 3.63) is 36.7 Å². The molecule has 4 rings (SSSR count). The van der Waals surface area contributed by atoms with Crippen LogP contribution < -0.4 is 8.66 Å². The number of nitrogens with zero attached hydrogens (tertiary/aromatic N) is 4. The molecule has 1 aliphatic rings. The Labute approximate surface area is 155 Å². The minimum Gasteiger partial charge on any atom is -0.476 e. The first kappa shape index (κ1) is 16.3. The third-order valence-electron chi connectivity index (χ3n) is 4.59. The molecule has 0 saturated heterocycles. The van der Waals surface area contributed by atoms with Gasteiger partial charge in [-0.15, -0.1) is 0 Å². The van der Waals surface area contributed by atoms with Gasteiger partial charge in [-0.2, -0.15) is 9.97 Å². The molecule has 7 heteroatoms. The molecule has 0 atom stereocenters. The number of hydrogen-bond donors (Lipinski definition) is 1. The summed E-state index contributed by atoms with van der Waals surface area (Å²) in [5, 5.41) is 0. The van der Waals surface area contributed by atoms with E-state index in [-0.39, 0.29) is 0 Å². The average Bonchev–Trinajstić information content (AvgIpc) is 3.12. The summed E-state index contributed by atoms with van der Waals surface area (Å²) in [7, 11) is 0. The van der Waals surface area contributed by atoms with Crippen molar-refractivity contribution in [2.45, 2.75) is 32.1 Å². The number of rotatable bonds is 5. The average molecular weight is 402 g/mol. The molecule has 0 amide bonds. The van der Waals surface area contributed by atoms with Gasteiger partial charge >= 0.3 is 0 Å². The van der Waals surface area contributed by atoms with E-state index < -0.39 is 0 Å². The maximum Gasteiger partial charge on any atom is 0.243 e. The molecule has 6 nitrogen and oxygen atoms in total. The van der Waals surface area contributed by atoms with Crippen molar-refractivity contribution in [2.24, 2.45) is 5.92 Å². The topological polar surface area (TPSA) is 66.9 Å². The number of halogens is 1. The van der Waals surface area contributed by atoms with Crippen molar-refractivity contribution in [1.82, 2.24) is 19.9 Å². The molecule has 1 fully saturated rings. The Kier molecular flexibility index (Phi) is 4.83. The number of imidazole rings is 1. The van der Waals surface area contributed by atoms with E-state index >= 15 is 0 Å². The first-order valence-corrected chi connectivity index (χ1v) is 9.36. The van der Waals surface area contributed by atoms with Crippen LogP contribution in [0, 0.1) is 5.92 Å². The van der Waals surface area contributed by atoms with Gasteiger partial charge in [-0.3, -0.25) is 0 Å². The summed E-state index contributed by atoms with van der Waals surface area (Å²) >= 11 is 3.55. The van der Waals surface area contributed by atoms with Gasteiger partial charge in [0.05, 0.1) is 28.4 Å². The molecule has 2 heterocycles. The second kappa shape index (κ2) is 7.39. The molecule has 1 saturated carbocycles. The van der Waals surface area contributed by atoms with E-state index in [9.17, 15) is 0 Å². The van der Waals surface area contributed by atoms with Crippen molar-refractivity contribution in [3.63, 3.8) is 0 Å². The van der Waals surface area contributed by atoms with Crippen molar-refractivity contribution in [3.8, 4) is 5.88 Å². The summed E-state index contributed by atoms with van der Waals surface area (Å²) in [6.07, 6.45) is 7.94. The maximum absolute atomic E-state index is 6.00. The highest BCUT2D eigenvalue weighted by Gasteiger charge is 2.18. The monoisotopic (exact) mass is 401 g/mol. The van der Waals surface area contributed by atoms with E-state index in [1.54, 1.807) is 3.93 Å². The number of nitrogens with one attached hydrogen (secondary N) is 1. The Morgan fingerprint density at radius 2 is 1.92 bits per heavy atom. The van der Waals surface area contributed by atoms with Crippen LogP contribution in [0.2, 0.25) is 0 Å². The number of benzene rings is 1. The smallest absolute Gasteiger partial charge is 0.243 e. The second-order valence-electron chi connectivity index (χ2n) is 6.37. The number of ether oxygens (including phenoxy) is 1. The summed E-state index contributed by atoms with van der Waals surface area (Å²) in [5.41, 5.74) is 2.30. The zero-order valence-electron chi connectivity index (χ0n) is 13.9. The van der Waals surface area contributed by atoms with Gasteiger partial charge in [0.2, 0.25) is 11.8 Å². The molecule has 0 unspecified atom stereocenters. The number of H-pyrrole nitrogens is 1. The Bertz CT molecular complexity index is 832. The number of para-hydroxylation sites is 1. The van der Waals surface area contributed by atoms with Gasteiger partial charge in [0.1, 0.15) is 11.8 Å². The SMILES string of the molecule is BrN(c1ccccc1)c1nc2ncnc(OCC3CCCCC3)c2[nH]1. The van der Waals surface area contributed by atoms with Crippen LogP contribution in [0.3, 0.4) is 0 Å². The maximum atomic E-state index is 6.00. The highest BCUT2D eigenvalue weighted by molar-refractivity contribution is 9.10. The molecule has 0 spiro atoms. The fourth-order valence-corrected chi connectivity index (χ4v) is 3.63. The van der Waals surface area contributed by atoms with Crippen LogP contribution in [-0.2, 0) is 0 Å². The lowest BCUT2D eigenvalue weighted by Crippen LogP contribution is -2.15. The minimum atomic E-state index is 0.572. The van der Waals surface area contributed by atoms with E-state index in [0.29, 0.717) is 30.0 Å². The van der Waals surface area contributed by atoms with E-state index in [4.69, 9.17) is 4.74 Å². The van der Waals surface area contributed by atoms with Gasteiger partial charge in [0.15, 0.2) is 5.65 Å². The van der Waals surface area contributed by atoms with Crippen LogP contribution >= 0.6 is 16.1 Å². The van der Waals surface area contributed by atoms with Crippen LogP contribution in [0.4, 0.5) is 11.6 Å². The zero-order chi connectivity index (χ0) is 17.1. The Morgan fingerprint density at radius 1 is 1.12 bits per heavy atom. The van der Waals surface area contributed by atoms with Crippen molar-refractivity contribution in [2.75, 3.05) is 10.5 Å². The number of anilines is 2. The molecule has 130 valence electrons. The summed E-state index contributed by atoms with van der Waals surface area (Å²) < 4.78 is 7.81. The van der Waals surface area contributed by atoms with Gasteiger partial charge in [-0.25, -0.2) is 8.91 Å². The summed E-state index contributed by atoms with van der Waals surface area (Å²) in [6, 6.07) is 9.92.